The zero-order valence-electron chi connectivity index (χ0n) is 11.0. The first kappa shape index (κ1) is 13.6. The molecule has 0 radical (unpaired) electrons. The molecule has 100 valence electrons. The SMILES string of the molecule is CCNC(c1cncc(C)c1)c1cc(F)cc(F)c1. The first-order valence-electron chi connectivity index (χ1n) is 6.21. The van der Waals surface area contributed by atoms with E-state index in [-0.39, 0.29) is 6.04 Å². The van der Waals surface area contributed by atoms with Crippen LogP contribution in [0.25, 0.3) is 0 Å². The zero-order chi connectivity index (χ0) is 13.8. The van der Waals surface area contributed by atoms with E-state index in [0.29, 0.717) is 12.1 Å². The van der Waals surface area contributed by atoms with Crippen LogP contribution in [0.4, 0.5) is 8.78 Å². The largest absolute Gasteiger partial charge is 0.306 e. The lowest BCUT2D eigenvalue weighted by atomic mass is 9.99. The molecule has 0 fully saturated rings. The van der Waals surface area contributed by atoms with E-state index in [1.807, 2.05) is 19.9 Å². The van der Waals surface area contributed by atoms with Crippen LogP contribution < -0.4 is 5.32 Å². The maximum absolute atomic E-state index is 13.3. The molecular formula is C15H16F2N2. The number of benzene rings is 1. The maximum atomic E-state index is 13.3. The third-order valence-electron chi connectivity index (χ3n) is 2.86. The lowest BCUT2D eigenvalue weighted by molar-refractivity contribution is 0.565. The van der Waals surface area contributed by atoms with Gasteiger partial charge in [0.1, 0.15) is 11.6 Å². The molecule has 2 aromatic rings. The van der Waals surface area contributed by atoms with Gasteiger partial charge in [-0.3, -0.25) is 4.98 Å². The molecule has 1 atom stereocenters. The van der Waals surface area contributed by atoms with E-state index >= 15 is 0 Å². The van der Waals surface area contributed by atoms with Crippen molar-refractivity contribution in [1.82, 2.24) is 10.3 Å². The Morgan fingerprint density at radius 1 is 1.05 bits per heavy atom. The number of rotatable bonds is 4. The fourth-order valence-corrected chi connectivity index (χ4v) is 2.11. The van der Waals surface area contributed by atoms with Gasteiger partial charge >= 0.3 is 0 Å². The summed E-state index contributed by atoms with van der Waals surface area (Å²) in [5.41, 5.74) is 2.47. The van der Waals surface area contributed by atoms with Crippen molar-refractivity contribution in [1.29, 1.82) is 0 Å². The van der Waals surface area contributed by atoms with Crippen molar-refractivity contribution in [3.05, 3.63) is 65.0 Å². The van der Waals surface area contributed by atoms with Crippen LogP contribution in [0.2, 0.25) is 0 Å². The molecule has 0 aliphatic rings. The smallest absolute Gasteiger partial charge is 0.126 e. The number of aromatic nitrogens is 1. The quantitative estimate of drug-likeness (QED) is 0.913. The van der Waals surface area contributed by atoms with Crippen LogP contribution in [0.1, 0.15) is 29.7 Å². The number of nitrogens with zero attached hydrogens (tertiary/aromatic N) is 1. The summed E-state index contributed by atoms with van der Waals surface area (Å²) >= 11 is 0. The van der Waals surface area contributed by atoms with Gasteiger partial charge in [0.25, 0.3) is 0 Å². The third kappa shape index (κ3) is 3.35. The summed E-state index contributed by atoms with van der Waals surface area (Å²) in [6.07, 6.45) is 3.46. The summed E-state index contributed by atoms with van der Waals surface area (Å²) in [4.78, 5) is 4.13. The van der Waals surface area contributed by atoms with E-state index in [9.17, 15) is 8.78 Å². The Kier molecular flexibility index (Phi) is 4.22. The van der Waals surface area contributed by atoms with Gasteiger partial charge in [0, 0.05) is 18.5 Å². The fraction of sp³-hybridized carbons (Fsp3) is 0.267. The maximum Gasteiger partial charge on any atom is 0.126 e. The number of halogens is 2. The molecule has 0 aliphatic heterocycles. The average molecular weight is 262 g/mol. The number of hydrogen-bond donors (Lipinski definition) is 1. The van der Waals surface area contributed by atoms with Gasteiger partial charge < -0.3 is 5.32 Å². The van der Waals surface area contributed by atoms with Gasteiger partial charge in [-0.25, -0.2) is 8.78 Å². The molecule has 1 aromatic carbocycles. The van der Waals surface area contributed by atoms with E-state index in [4.69, 9.17) is 0 Å². The second-order valence-corrected chi connectivity index (χ2v) is 4.49. The molecule has 0 amide bonds. The van der Waals surface area contributed by atoms with Crippen LogP contribution in [0.15, 0.2) is 36.7 Å². The summed E-state index contributed by atoms with van der Waals surface area (Å²) in [7, 11) is 0. The lowest BCUT2D eigenvalue weighted by Crippen LogP contribution is -2.22. The number of pyridine rings is 1. The van der Waals surface area contributed by atoms with Crippen LogP contribution >= 0.6 is 0 Å². The number of aryl methyl sites for hydroxylation is 1. The molecule has 4 heteroatoms. The Morgan fingerprint density at radius 3 is 2.32 bits per heavy atom. The summed E-state index contributed by atoms with van der Waals surface area (Å²) in [5, 5.41) is 3.22. The highest BCUT2D eigenvalue weighted by Crippen LogP contribution is 2.23. The predicted octanol–water partition coefficient (Wildman–Crippen LogP) is 3.37. The van der Waals surface area contributed by atoms with Crippen LogP contribution in [0.5, 0.6) is 0 Å². The zero-order valence-corrected chi connectivity index (χ0v) is 11.0. The summed E-state index contributed by atoms with van der Waals surface area (Å²) in [6.45, 7) is 4.58. The monoisotopic (exact) mass is 262 g/mol. The minimum atomic E-state index is -0.571. The van der Waals surface area contributed by atoms with Crippen molar-refractivity contribution >= 4 is 0 Å². The van der Waals surface area contributed by atoms with Crippen LogP contribution in [0.3, 0.4) is 0 Å². The Morgan fingerprint density at radius 2 is 1.74 bits per heavy atom. The second-order valence-electron chi connectivity index (χ2n) is 4.49. The molecule has 1 heterocycles. The van der Waals surface area contributed by atoms with Crippen molar-refractivity contribution in [3.63, 3.8) is 0 Å². The van der Waals surface area contributed by atoms with E-state index in [1.54, 1.807) is 12.4 Å². The fourth-order valence-electron chi connectivity index (χ4n) is 2.11. The van der Waals surface area contributed by atoms with Crippen LogP contribution in [-0.4, -0.2) is 11.5 Å². The van der Waals surface area contributed by atoms with Gasteiger partial charge in [0.05, 0.1) is 6.04 Å². The van der Waals surface area contributed by atoms with Crippen molar-refractivity contribution in [2.24, 2.45) is 0 Å². The van der Waals surface area contributed by atoms with E-state index < -0.39 is 11.6 Å². The molecular weight excluding hydrogens is 246 g/mol. The molecule has 0 aliphatic carbocycles. The Hall–Kier alpha value is -1.81. The second kappa shape index (κ2) is 5.89. The number of nitrogens with one attached hydrogen (secondary N) is 1. The molecule has 0 saturated heterocycles. The molecule has 1 unspecified atom stereocenters. The third-order valence-corrected chi connectivity index (χ3v) is 2.86. The average Bonchev–Trinajstić information content (AvgIpc) is 2.34. The van der Waals surface area contributed by atoms with Crippen LogP contribution in [-0.2, 0) is 0 Å². The standard InChI is InChI=1S/C15H16F2N2/c1-3-19-15(12-4-10(2)8-18-9-12)11-5-13(16)7-14(17)6-11/h4-9,15,19H,3H2,1-2H3. The topological polar surface area (TPSA) is 24.9 Å². The molecule has 2 rings (SSSR count). The highest BCUT2D eigenvalue weighted by molar-refractivity contribution is 5.32. The van der Waals surface area contributed by atoms with Crippen molar-refractivity contribution in [3.8, 4) is 0 Å². The van der Waals surface area contributed by atoms with E-state index in [0.717, 1.165) is 17.2 Å². The molecule has 0 spiro atoms. The minimum Gasteiger partial charge on any atom is -0.306 e. The summed E-state index contributed by atoms with van der Waals surface area (Å²) < 4.78 is 26.7. The van der Waals surface area contributed by atoms with Gasteiger partial charge in [0.2, 0.25) is 0 Å². The van der Waals surface area contributed by atoms with Crippen molar-refractivity contribution in [2.75, 3.05) is 6.54 Å². The Labute approximate surface area is 111 Å². The molecule has 0 bridgehead atoms. The van der Waals surface area contributed by atoms with Crippen molar-refractivity contribution in [2.45, 2.75) is 19.9 Å². The Balaban J connectivity index is 2.44. The van der Waals surface area contributed by atoms with Gasteiger partial charge in [-0.15, -0.1) is 0 Å². The molecule has 1 N–H and O–H groups in total. The van der Waals surface area contributed by atoms with Gasteiger partial charge in [0.15, 0.2) is 0 Å². The van der Waals surface area contributed by atoms with Gasteiger partial charge in [-0.05, 0) is 42.3 Å². The molecule has 0 saturated carbocycles. The Bertz CT molecular complexity index is 550. The minimum absolute atomic E-state index is 0.261. The normalized spacial score (nSPS) is 12.4. The number of hydrogen-bond acceptors (Lipinski definition) is 2. The molecule has 2 nitrogen and oxygen atoms in total. The van der Waals surface area contributed by atoms with E-state index in [2.05, 4.69) is 10.3 Å². The first-order valence-corrected chi connectivity index (χ1v) is 6.21. The summed E-state index contributed by atoms with van der Waals surface area (Å²) in [6, 6.07) is 5.27. The highest BCUT2D eigenvalue weighted by atomic mass is 19.1. The lowest BCUT2D eigenvalue weighted by Gasteiger charge is -2.19. The van der Waals surface area contributed by atoms with E-state index in [1.165, 1.54) is 12.1 Å². The highest BCUT2D eigenvalue weighted by Gasteiger charge is 2.15. The van der Waals surface area contributed by atoms with Crippen molar-refractivity contribution < 1.29 is 8.78 Å². The summed E-state index contributed by atoms with van der Waals surface area (Å²) in [5.74, 6) is -1.14. The van der Waals surface area contributed by atoms with Gasteiger partial charge in [-0.1, -0.05) is 13.0 Å². The first-order chi connectivity index (χ1) is 9.10. The van der Waals surface area contributed by atoms with Gasteiger partial charge in [-0.2, -0.15) is 0 Å². The predicted molar refractivity (Wildman–Crippen MR) is 70.9 cm³/mol. The van der Waals surface area contributed by atoms with Crippen LogP contribution in [0, 0.1) is 18.6 Å². The molecule has 1 aromatic heterocycles. The molecule has 19 heavy (non-hydrogen) atoms.